The van der Waals surface area contributed by atoms with Gasteiger partial charge in [0.2, 0.25) is 0 Å². The molecule has 2 aromatic rings. The average molecular weight is 321 g/mol. The minimum absolute atomic E-state index is 0.181. The fraction of sp³-hybridized carbons (Fsp3) is 0.250. The summed E-state index contributed by atoms with van der Waals surface area (Å²) in [6, 6.07) is 14.6. The molecule has 0 aliphatic heterocycles. The Balaban J connectivity index is 1.80. The average Bonchev–Trinajstić information content (AvgIpc) is 3.22. The lowest BCUT2D eigenvalue weighted by Gasteiger charge is -2.13. The van der Waals surface area contributed by atoms with Crippen molar-refractivity contribution in [3.8, 4) is 0 Å². The van der Waals surface area contributed by atoms with Crippen molar-refractivity contribution >= 4 is 15.9 Å². The summed E-state index contributed by atoms with van der Waals surface area (Å²) in [5.74, 6) is 0.251. The molecule has 0 heterocycles. The lowest BCUT2D eigenvalue weighted by atomic mass is 10.0. The number of hydrogen-bond acceptors (Lipinski definition) is 1. The van der Waals surface area contributed by atoms with Crippen molar-refractivity contribution in [3.05, 3.63) is 69.9 Å². The van der Waals surface area contributed by atoms with E-state index >= 15 is 0 Å². The zero-order valence-corrected chi connectivity index (χ0v) is 11.8. The molecule has 0 amide bonds. The van der Waals surface area contributed by atoms with E-state index in [-0.39, 0.29) is 11.7 Å². The summed E-state index contributed by atoms with van der Waals surface area (Å²) in [7, 11) is 0. The minimum Gasteiger partial charge on any atom is -0.388 e. The molecule has 0 spiro atoms. The van der Waals surface area contributed by atoms with E-state index in [4.69, 9.17) is 0 Å². The van der Waals surface area contributed by atoms with Gasteiger partial charge in [-0.1, -0.05) is 46.3 Å². The highest BCUT2D eigenvalue weighted by atomic mass is 79.9. The van der Waals surface area contributed by atoms with E-state index in [9.17, 15) is 9.50 Å². The lowest BCUT2D eigenvalue weighted by Crippen LogP contribution is -2.03. The van der Waals surface area contributed by atoms with Crippen LogP contribution in [0.5, 0.6) is 0 Å². The monoisotopic (exact) mass is 320 g/mol. The van der Waals surface area contributed by atoms with Crippen LogP contribution in [0.3, 0.4) is 0 Å². The van der Waals surface area contributed by atoms with Crippen molar-refractivity contribution in [2.45, 2.75) is 18.4 Å². The molecule has 1 aliphatic rings. The van der Waals surface area contributed by atoms with E-state index in [1.165, 1.54) is 17.7 Å². The fourth-order valence-electron chi connectivity index (χ4n) is 2.62. The summed E-state index contributed by atoms with van der Waals surface area (Å²) in [6.45, 7) is 0. The lowest BCUT2D eigenvalue weighted by molar-refractivity contribution is 0.150. The van der Waals surface area contributed by atoms with Gasteiger partial charge in [0, 0.05) is 4.47 Å². The van der Waals surface area contributed by atoms with Crippen molar-refractivity contribution in [2.75, 3.05) is 0 Å². The number of halogens is 2. The highest BCUT2D eigenvalue weighted by molar-refractivity contribution is 9.10. The van der Waals surface area contributed by atoms with Gasteiger partial charge in [-0.25, -0.2) is 4.39 Å². The third kappa shape index (κ3) is 2.58. The second kappa shape index (κ2) is 5.06. The molecule has 0 bridgehead atoms. The SMILES string of the molecule is OC(c1cc(F)ccc1Br)C1CC1c1ccccc1. The molecule has 0 radical (unpaired) electrons. The summed E-state index contributed by atoms with van der Waals surface area (Å²) >= 11 is 3.38. The molecule has 0 aromatic heterocycles. The first-order valence-corrected chi connectivity index (χ1v) is 7.14. The maximum Gasteiger partial charge on any atom is 0.123 e. The van der Waals surface area contributed by atoms with Crippen LogP contribution >= 0.6 is 15.9 Å². The van der Waals surface area contributed by atoms with Crippen LogP contribution in [0.2, 0.25) is 0 Å². The van der Waals surface area contributed by atoms with Crippen LogP contribution in [-0.2, 0) is 0 Å². The summed E-state index contributed by atoms with van der Waals surface area (Å²) in [4.78, 5) is 0. The number of aliphatic hydroxyl groups is 1. The van der Waals surface area contributed by atoms with Gasteiger partial charge in [0.05, 0.1) is 6.10 Å². The Bertz CT molecular complexity index is 585. The number of aliphatic hydroxyl groups excluding tert-OH is 1. The summed E-state index contributed by atoms with van der Waals surface area (Å²) < 4.78 is 14.0. The minimum atomic E-state index is -0.615. The van der Waals surface area contributed by atoms with Gasteiger partial charge in [0.15, 0.2) is 0 Å². The molecule has 1 aliphatic carbocycles. The van der Waals surface area contributed by atoms with E-state index in [1.807, 2.05) is 18.2 Å². The topological polar surface area (TPSA) is 20.2 Å². The summed E-state index contributed by atoms with van der Waals surface area (Å²) in [6.07, 6.45) is 0.337. The van der Waals surface area contributed by atoms with Gasteiger partial charge < -0.3 is 5.11 Å². The first kappa shape index (κ1) is 12.8. The Morgan fingerprint density at radius 2 is 1.89 bits per heavy atom. The number of rotatable bonds is 3. The predicted octanol–water partition coefficient (Wildman–Crippen LogP) is 4.43. The maximum absolute atomic E-state index is 13.3. The molecule has 3 unspecified atom stereocenters. The smallest absolute Gasteiger partial charge is 0.123 e. The van der Waals surface area contributed by atoms with E-state index in [0.717, 1.165) is 10.9 Å². The second-order valence-corrected chi connectivity index (χ2v) is 5.88. The number of hydrogen-bond donors (Lipinski definition) is 1. The Labute approximate surface area is 120 Å². The van der Waals surface area contributed by atoms with Crippen LogP contribution in [0.15, 0.2) is 53.0 Å². The van der Waals surface area contributed by atoms with Crippen molar-refractivity contribution < 1.29 is 9.50 Å². The van der Waals surface area contributed by atoms with Crippen molar-refractivity contribution in [1.29, 1.82) is 0 Å². The van der Waals surface area contributed by atoms with Crippen molar-refractivity contribution in [3.63, 3.8) is 0 Å². The maximum atomic E-state index is 13.3. The van der Waals surface area contributed by atoms with Crippen LogP contribution < -0.4 is 0 Å². The quantitative estimate of drug-likeness (QED) is 0.887. The molecular weight excluding hydrogens is 307 g/mol. The molecule has 1 fully saturated rings. The van der Waals surface area contributed by atoms with Gasteiger partial charge in [0.1, 0.15) is 5.82 Å². The third-order valence-electron chi connectivity index (χ3n) is 3.75. The Kier molecular flexibility index (Phi) is 3.42. The summed E-state index contributed by atoms with van der Waals surface area (Å²) in [5.41, 5.74) is 1.89. The van der Waals surface area contributed by atoms with Gasteiger partial charge in [-0.3, -0.25) is 0 Å². The van der Waals surface area contributed by atoms with Crippen LogP contribution in [0.1, 0.15) is 29.6 Å². The van der Waals surface area contributed by atoms with Gasteiger partial charge in [-0.05, 0) is 47.6 Å². The molecule has 98 valence electrons. The summed E-state index contributed by atoms with van der Waals surface area (Å²) in [5, 5.41) is 10.4. The predicted molar refractivity (Wildman–Crippen MR) is 76.3 cm³/mol. The van der Waals surface area contributed by atoms with Crippen LogP contribution in [-0.4, -0.2) is 5.11 Å². The molecule has 3 heteroatoms. The van der Waals surface area contributed by atoms with Crippen LogP contribution in [0, 0.1) is 11.7 Å². The van der Waals surface area contributed by atoms with Crippen molar-refractivity contribution in [1.82, 2.24) is 0 Å². The largest absolute Gasteiger partial charge is 0.388 e. The van der Waals surface area contributed by atoms with E-state index in [2.05, 4.69) is 28.1 Å². The first-order chi connectivity index (χ1) is 9.16. The van der Waals surface area contributed by atoms with E-state index < -0.39 is 6.10 Å². The van der Waals surface area contributed by atoms with Crippen LogP contribution in [0.25, 0.3) is 0 Å². The molecule has 1 saturated carbocycles. The normalized spacial score (nSPS) is 23.1. The third-order valence-corrected chi connectivity index (χ3v) is 4.47. The molecule has 3 atom stereocenters. The highest BCUT2D eigenvalue weighted by Gasteiger charge is 2.44. The van der Waals surface area contributed by atoms with Gasteiger partial charge in [0.25, 0.3) is 0 Å². The Morgan fingerprint density at radius 1 is 1.16 bits per heavy atom. The zero-order valence-electron chi connectivity index (χ0n) is 10.3. The molecule has 0 saturated heterocycles. The molecular formula is C16H14BrFO. The van der Waals surface area contributed by atoms with Gasteiger partial charge in [-0.2, -0.15) is 0 Å². The van der Waals surface area contributed by atoms with E-state index in [0.29, 0.717) is 11.5 Å². The van der Waals surface area contributed by atoms with Gasteiger partial charge >= 0.3 is 0 Å². The van der Waals surface area contributed by atoms with E-state index in [1.54, 1.807) is 6.07 Å². The Hall–Kier alpha value is -1.19. The molecule has 1 N–H and O–H groups in total. The second-order valence-electron chi connectivity index (χ2n) is 5.03. The first-order valence-electron chi connectivity index (χ1n) is 6.35. The molecule has 2 aromatic carbocycles. The fourth-order valence-corrected chi connectivity index (χ4v) is 3.10. The standard InChI is InChI=1S/C16H14BrFO/c17-15-7-6-11(18)8-14(15)16(19)13-9-12(13)10-4-2-1-3-5-10/h1-8,12-13,16,19H,9H2. The zero-order chi connectivity index (χ0) is 13.4. The molecule has 1 nitrogen and oxygen atoms in total. The van der Waals surface area contributed by atoms with Crippen molar-refractivity contribution in [2.24, 2.45) is 5.92 Å². The van der Waals surface area contributed by atoms with Gasteiger partial charge in [-0.15, -0.1) is 0 Å². The highest BCUT2D eigenvalue weighted by Crippen LogP contribution is 2.54. The molecule has 19 heavy (non-hydrogen) atoms. The Morgan fingerprint density at radius 3 is 2.63 bits per heavy atom. The molecule has 3 rings (SSSR count). The number of benzene rings is 2. The van der Waals surface area contributed by atoms with Crippen LogP contribution in [0.4, 0.5) is 4.39 Å².